The number of Topliss-reactive ketones (excluding diaryl/α,β-unsaturated/α-hetero) is 1. The van der Waals surface area contributed by atoms with Crippen LogP contribution in [0.1, 0.15) is 50.9 Å². The van der Waals surface area contributed by atoms with Crippen LogP contribution in [0, 0.1) is 0 Å². The predicted molar refractivity (Wildman–Crippen MR) is 58.7 cm³/mol. The first-order valence-corrected chi connectivity index (χ1v) is 5.84. The van der Waals surface area contributed by atoms with Crippen molar-refractivity contribution in [3.63, 3.8) is 0 Å². The van der Waals surface area contributed by atoms with E-state index in [1.165, 1.54) is 0 Å². The van der Waals surface area contributed by atoms with Gasteiger partial charge in [0.25, 0.3) is 0 Å². The molecule has 0 saturated heterocycles. The van der Waals surface area contributed by atoms with E-state index < -0.39 is 0 Å². The maximum absolute atomic E-state index is 11.4. The van der Waals surface area contributed by atoms with Crippen molar-refractivity contribution in [1.29, 1.82) is 0 Å². The van der Waals surface area contributed by atoms with Gasteiger partial charge in [0, 0.05) is 37.7 Å². The van der Waals surface area contributed by atoms with Crippen molar-refractivity contribution in [2.24, 2.45) is 0 Å². The zero-order valence-electron chi connectivity index (χ0n) is 9.28. The largest absolute Gasteiger partial charge is 0.331 e. The van der Waals surface area contributed by atoms with Gasteiger partial charge in [-0.3, -0.25) is 4.79 Å². The molecule has 0 amide bonds. The maximum atomic E-state index is 11.4. The van der Waals surface area contributed by atoms with Crippen LogP contribution in [0.5, 0.6) is 0 Å². The van der Waals surface area contributed by atoms with Gasteiger partial charge in [0.2, 0.25) is 0 Å². The lowest BCUT2D eigenvalue weighted by molar-refractivity contribution is -0.121. The Morgan fingerprint density at radius 1 is 1.60 bits per heavy atom. The Hall–Kier alpha value is -1.12. The van der Waals surface area contributed by atoms with Gasteiger partial charge in [0.1, 0.15) is 11.6 Å². The first-order chi connectivity index (χ1) is 7.31. The van der Waals surface area contributed by atoms with Gasteiger partial charge in [-0.25, -0.2) is 4.98 Å². The molecule has 1 fully saturated rings. The smallest absolute Gasteiger partial charge is 0.134 e. The lowest BCUT2D eigenvalue weighted by Gasteiger charge is -2.23. The second-order valence-corrected chi connectivity index (χ2v) is 4.29. The topological polar surface area (TPSA) is 34.9 Å². The number of imidazole rings is 1. The molecule has 1 saturated carbocycles. The molecule has 0 N–H and O–H groups in total. The van der Waals surface area contributed by atoms with Crippen LogP contribution in [0.25, 0.3) is 0 Å². The van der Waals surface area contributed by atoms with E-state index in [1.807, 2.05) is 12.4 Å². The van der Waals surface area contributed by atoms with Crippen molar-refractivity contribution >= 4 is 5.78 Å². The minimum Gasteiger partial charge on any atom is -0.331 e. The van der Waals surface area contributed by atoms with E-state index in [1.54, 1.807) is 0 Å². The highest BCUT2D eigenvalue weighted by atomic mass is 16.1. The fraction of sp³-hybridized carbons (Fsp3) is 0.667. The van der Waals surface area contributed by atoms with Gasteiger partial charge < -0.3 is 4.57 Å². The molecule has 2 rings (SSSR count). The molecule has 0 bridgehead atoms. The molecule has 1 unspecified atom stereocenters. The van der Waals surface area contributed by atoms with Gasteiger partial charge in [0.15, 0.2) is 0 Å². The second-order valence-electron chi connectivity index (χ2n) is 4.29. The van der Waals surface area contributed by atoms with E-state index in [2.05, 4.69) is 16.5 Å². The molecule has 0 spiro atoms. The molecule has 1 aliphatic carbocycles. The lowest BCUT2D eigenvalue weighted by atomic mass is 9.94. The Bertz CT molecular complexity index is 343. The molecular formula is C12H18N2O. The quantitative estimate of drug-likeness (QED) is 0.761. The summed E-state index contributed by atoms with van der Waals surface area (Å²) in [6, 6.07) is 0.371. The van der Waals surface area contributed by atoms with E-state index in [9.17, 15) is 4.79 Å². The van der Waals surface area contributed by atoms with Crippen LogP contribution < -0.4 is 0 Å². The highest BCUT2D eigenvalue weighted by Crippen LogP contribution is 2.27. The first kappa shape index (κ1) is 10.4. The Balaban J connectivity index is 2.13. The lowest BCUT2D eigenvalue weighted by Crippen LogP contribution is -2.20. The maximum Gasteiger partial charge on any atom is 0.134 e. The van der Waals surface area contributed by atoms with Gasteiger partial charge in [-0.1, -0.05) is 6.92 Å². The number of nitrogens with zero attached hydrogens (tertiary/aromatic N) is 2. The number of hydrogen-bond acceptors (Lipinski definition) is 2. The average molecular weight is 206 g/mol. The average Bonchev–Trinajstić information content (AvgIpc) is 2.66. The molecule has 1 aromatic rings. The second kappa shape index (κ2) is 4.60. The number of ketones is 1. The van der Waals surface area contributed by atoms with Gasteiger partial charge in [-0.15, -0.1) is 0 Å². The van der Waals surface area contributed by atoms with Crippen LogP contribution >= 0.6 is 0 Å². The van der Waals surface area contributed by atoms with Crippen LogP contribution in [-0.4, -0.2) is 15.3 Å². The third-order valence-electron chi connectivity index (χ3n) is 3.07. The number of rotatable bonds is 3. The first-order valence-electron chi connectivity index (χ1n) is 5.84. The monoisotopic (exact) mass is 206 g/mol. The number of aromatic nitrogens is 2. The molecular weight excluding hydrogens is 188 g/mol. The summed E-state index contributed by atoms with van der Waals surface area (Å²) in [7, 11) is 0. The van der Waals surface area contributed by atoms with Crippen LogP contribution in [-0.2, 0) is 11.2 Å². The van der Waals surface area contributed by atoms with Crippen LogP contribution in [0.15, 0.2) is 12.4 Å². The molecule has 1 atom stereocenters. The highest BCUT2D eigenvalue weighted by molar-refractivity contribution is 5.79. The molecule has 3 nitrogen and oxygen atoms in total. The standard InChI is InChI=1S/C12H18N2O/c1-2-4-12-13-7-8-14(12)10-5-3-6-11(15)9-10/h7-8,10H,2-6,9H2,1H3. The van der Waals surface area contributed by atoms with Crippen molar-refractivity contribution in [2.75, 3.05) is 0 Å². The van der Waals surface area contributed by atoms with Crippen molar-refractivity contribution in [2.45, 2.75) is 51.5 Å². The number of hydrogen-bond donors (Lipinski definition) is 0. The third-order valence-corrected chi connectivity index (χ3v) is 3.07. The summed E-state index contributed by atoms with van der Waals surface area (Å²) in [6.07, 6.45) is 9.63. The van der Waals surface area contributed by atoms with Crippen molar-refractivity contribution in [1.82, 2.24) is 9.55 Å². The summed E-state index contributed by atoms with van der Waals surface area (Å²) in [5.74, 6) is 1.54. The molecule has 15 heavy (non-hydrogen) atoms. The van der Waals surface area contributed by atoms with Gasteiger partial charge >= 0.3 is 0 Å². The van der Waals surface area contributed by atoms with Crippen molar-refractivity contribution < 1.29 is 4.79 Å². The molecule has 0 radical (unpaired) electrons. The SMILES string of the molecule is CCCc1nccn1C1CCCC(=O)C1. The fourth-order valence-corrected chi connectivity index (χ4v) is 2.33. The summed E-state index contributed by atoms with van der Waals surface area (Å²) in [5.41, 5.74) is 0. The van der Waals surface area contributed by atoms with E-state index in [4.69, 9.17) is 0 Å². The van der Waals surface area contributed by atoms with E-state index in [-0.39, 0.29) is 0 Å². The van der Waals surface area contributed by atoms with Gasteiger partial charge in [-0.2, -0.15) is 0 Å². The van der Waals surface area contributed by atoms with Crippen LogP contribution in [0.4, 0.5) is 0 Å². The molecule has 1 aromatic heterocycles. The molecule has 0 aliphatic heterocycles. The van der Waals surface area contributed by atoms with Crippen LogP contribution in [0.2, 0.25) is 0 Å². The Morgan fingerprint density at radius 2 is 2.47 bits per heavy atom. The molecule has 1 heterocycles. The van der Waals surface area contributed by atoms with Crippen molar-refractivity contribution in [3.8, 4) is 0 Å². The Labute approximate surface area is 90.5 Å². The summed E-state index contributed by atoms with van der Waals surface area (Å²) in [6.45, 7) is 2.16. The normalized spacial score (nSPS) is 21.9. The number of carbonyl (C=O) groups is 1. The minimum absolute atomic E-state index is 0.371. The molecule has 82 valence electrons. The van der Waals surface area contributed by atoms with Crippen LogP contribution in [0.3, 0.4) is 0 Å². The van der Waals surface area contributed by atoms with Gasteiger partial charge in [-0.05, 0) is 19.3 Å². The summed E-state index contributed by atoms with van der Waals surface area (Å²) in [5, 5.41) is 0. The highest BCUT2D eigenvalue weighted by Gasteiger charge is 2.22. The molecule has 3 heteroatoms. The fourth-order valence-electron chi connectivity index (χ4n) is 2.33. The molecule has 0 aromatic carbocycles. The van der Waals surface area contributed by atoms with Crippen molar-refractivity contribution in [3.05, 3.63) is 18.2 Å². The number of carbonyl (C=O) groups excluding carboxylic acids is 1. The minimum atomic E-state index is 0.371. The van der Waals surface area contributed by atoms with E-state index in [0.29, 0.717) is 18.2 Å². The van der Waals surface area contributed by atoms with Gasteiger partial charge in [0.05, 0.1) is 0 Å². The summed E-state index contributed by atoms with van der Waals surface area (Å²) < 4.78 is 2.21. The zero-order valence-corrected chi connectivity index (χ0v) is 9.28. The zero-order chi connectivity index (χ0) is 10.7. The predicted octanol–water partition coefficient (Wildman–Crippen LogP) is 2.52. The Morgan fingerprint density at radius 3 is 3.20 bits per heavy atom. The number of aryl methyl sites for hydroxylation is 1. The third kappa shape index (κ3) is 2.28. The molecule has 1 aliphatic rings. The Kier molecular flexibility index (Phi) is 3.19. The summed E-state index contributed by atoms with van der Waals surface area (Å²) >= 11 is 0. The van der Waals surface area contributed by atoms with E-state index >= 15 is 0 Å². The summed E-state index contributed by atoms with van der Waals surface area (Å²) in [4.78, 5) is 15.8. The van der Waals surface area contributed by atoms with E-state index in [0.717, 1.165) is 37.9 Å².